The number of aryl methyl sites for hydroxylation is 1. The molecule has 0 fully saturated rings. The van der Waals surface area contributed by atoms with Crippen molar-refractivity contribution in [1.29, 1.82) is 0 Å². The number of Topliss-reactive ketones (excluding diaryl/α,β-unsaturated/α-hetero) is 1. The van der Waals surface area contributed by atoms with Crippen molar-refractivity contribution in [1.82, 2.24) is 0 Å². The van der Waals surface area contributed by atoms with Crippen molar-refractivity contribution in [3.8, 4) is 0 Å². The maximum absolute atomic E-state index is 12.7. The van der Waals surface area contributed by atoms with Crippen LogP contribution in [0.4, 0.5) is 4.39 Å². The van der Waals surface area contributed by atoms with E-state index in [1.165, 1.54) is 23.9 Å². The van der Waals surface area contributed by atoms with Gasteiger partial charge in [0.1, 0.15) is 5.82 Å². The van der Waals surface area contributed by atoms with Gasteiger partial charge in [-0.2, -0.15) is 0 Å². The highest BCUT2D eigenvalue weighted by atomic mass is 32.2. The zero-order valence-corrected chi connectivity index (χ0v) is 10.9. The zero-order chi connectivity index (χ0) is 12.3. The average molecular weight is 266 g/mol. The molecule has 1 nitrogen and oxygen atoms in total. The first-order valence-electron chi connectivity index (χ1n) is 5.12. The van der Waals surface area contributed by atoms with E-state index in [-0.39, 0.29) is 11.6 Å². The fourth-order valence-corrected chi connectivity index (χ4v) is 2.85. The third-order valence-electron chi connectivity index (χ3n) is 2.24. The fraction of sp³-hybridized carbons (Fsp3) is 0.154. The summed E-state index contributed by atoms with van der Waals surface area (Å²) in [6, 6.07) is 8.08. The van der Waals surface area contributed by atoms with E-state index in [1.807, 2.05) is 18.4 Å². The van der Waals surface area contributed by atoms with E-state index >= 15 is 0 Å². The summed E-state index contributed by atoms with van der Waals surface area (Å²) < 4.78 is 12.7. The Bertz CT molecular complexity index is 516. The molecule has 88 valence electrons. The fourth-order valence-electron chi connectivity index (χ4n) is 1.35. The number of thiophene rings is 1. The molecule has 0 bridgehead atoms. The molecule has 1 aromatic carbocycles. The van der Waals surface area contributed by atoms with E-state index in [2.05, 4.69) is 0 Å². The molecule has 2 rings (SSSR count). The Morgan fingerprint density at radius 2 is 2.06 bits per heavy atom. The SMILES string of the molecule is Cc1cc(C(=O)CSc2ccc(F)cc2)cs1. The molecule has 0 aliphatic heterocycles. The molecule has 0 saturated carbocycles. The van der Waals surface area contributed by atoms with Crippen LogP contribution in [0.15, 0.2) is 40.6 Å². The molecule has 0 saturated heterocycles. The standard InChI is InChI=1S/C13H11FOS2/c1-9-6-10(7-16-9)13(15)8-17-12-4-2-11(14)3-5-12/h2-7H,8H2,1H3. The van der Waals surface area contributed by atoms with E-state index in [4.69, 9.17) is 0 Å². The monoisotopic (exact) mass is 266 g/mol. The van der Waals surface area contributed by atoms with Crippen LogP contribution in [-0.2, 0) is 0 Å². The van der Waals surface area contributed by atoms with Crippen LogP contribution in [0.2, 0.25) is 0 Å². The number of carbonyl (C=O) groups is 1. The largest absolute Gasteiger partial charge is 0.293 e. The number of hydrogen-bond donors (Lipinski definition) is 0. The highest BCUT2D eigenvalue weighted by Gasteiger charge is 2.08. The van der Waals surface area contributed by atoms with Crippen LogP contribution >= 0.6 is 23.1 Å². The zero-order valence-electron chi connectivity index (χ0n) is 9.27. The summed E-state index contributed by atoms with van der Waals surface area (Å²) in [4.78, 5) is 13.9. The minimum absolute atomic E-state index is 0.115. The second-order valence-corrected chi connectivity index (χ2v) is 5.78. The maximum atomic E-state index is 12.7. The molecular weight excluding hydrogens is 255 g/mol. The smallest absolute Gasteiger partial charge is 0.173 e. The summed E-state index contributed by atoms with van der Waals surface area (Å²) in [5, 5.41) is 1.88. The van der Waals surface area contributed by atoms with Crippen molar-refractivity contribution in [2.24, 2.45) is 0 Å². The van der Waals surface area contributed by atoms with Gasteiger partial charge in [0, 0.05) is 20.7 Å². The number of thioether (sulfide) groups is 1. The molecule has 4 heteroatoms. The van der Waals surface area contributed by atoms with Crippen molar-refractivity contribution in [2.75, 3.05) is 5.75 Å². The summed E-state index contributed by atoms with van der Waals surface area (Å²) in [6.07, 6.45) is 0. The summed E-state index contributed by atoms with van der Waals surface area (Å²) in [5.41, 5.74) is 0.766. The van der Waals surface area contributed by atoms with E-state index in [0.29, 0.717) is 5.75 Å². The first-order valence-corrected chi connectivity index (χ1v) is 6.98. The number of hydrogen-bond acceptors (Lipinski definition) is 3. The molecule has 0 spiro atoms. The van der Waals surface area contributed by atoms with Crippen LogP contribution in [0.25, 0.3) is 0 Å². The average Bonchev–Trinajstić information content (AvgIpc) is 2.75. The van der Waals surface area contributed by atoms with E-state index in [0.717, 1.165) is 15.3 Å². The Morgan fingerprint density at radius 1 is 1.35 bits per heavy atom. The Labute approximate surface area is 108 Å². The number of halogens is 1. The van der Waals surface area contributed by atoms with Crippen molar-refractivity contribution in [3.63, 3.8) is 0 Å². The normalized spacial score (nSPS) is 10.5. The molecule has 0 N–H and O–H groups in total. The van der Waals surface area contributed by atoms with Gasteiger partial charge in [-0.1, -0.05) is 0 Å². The Hall–Kier alpha value is -1.13. The Morgan fingerprint density at radius 3 is 2.65 bits per heavy atom. The van der Waals surface area contributed by atoms with Crippen LogP contribution in [0, 0.1) is 12.7 Å². The lowest BCUT2D eigenvalue weighted by Gasteiger charge is -1.99. The summed E-state index contributed by atoms with van der Waals surface area (Å²) in [5.74, 6) is 0.250. The highest BCUT2D eigenvalue weighted by Crippen LogP contribution is 2.21. The predicted molar refractivity (Wildman–Crippen MR) is 70.5 cm³/mol. The lowest BCUT2D eigenvalue weighted by atomic mass is 10.2. The molecule has 1 heterocycles. The summed E-state index contributed by atoms with van der Waals surface area (Å²) >= 11 is 3.01. The van der Waals surface area contributed by atoms with Crippen molar-refractivity contribution in [3.05, 3.63) is 52.0 Å². The molecule has 0 amide bonds. The lowest BCUT2D eigenvalue weighted by molar-refractivity contribution is 0.102. The third kappa shape index (κ3) is 3.41. The molecule has 2 aromatic rings. The molecule has 0 atom stereocenters. The third-order valence-corrected chi connectivity index (χ3v) is 4.11. The predicted octanol–water partition coefficient (Wildman–Crippen LogP) is 4.17. The Kier molecular flexibility index (Phi) is 3.97. The van der Waals surface area contributed by atoms with Gasteiger partial charge in [0.2, 0.25) is 0 Å². The number of rotatable bonds is 4. The minimum atomic E-state index is -0.255. The van der Waals surface area contributed by atoms with Crippen LogP contribution < -0.4 is 0 Å². The number of benzene rings is 1. The van der Waals surface area contributed by atoms with Gasteiger partial charge in [-0.25, -0.2) is 4.39 Å². The highest BCUT2D eigenvalue weighted by molar-refractivity contribution is 8.00. The van der Waals surface area contributed by atoms with Gasteiger partial charge in [0.05, 0.1) is 5.75 Å². The summed E-state index contributed by atoms with van der Waals surface area (Å²) in [6.45, 7) is 1.98. The molecule has 0 unspecified atom stereocenters. The minimum Gasteiger partial charge on any atom is -0.293 e. The second-order valence-electron chi connectivity index (χ2n) is 3.61. The molecule has 1 aromatic heterocycles. The molecule has 0 radical (unpaired) electrons. The van der Waals surface area contributed by atoms with Gasteiger partial charge >= 0.3 is 0 Å². The van der Waals surface area contributed by atoms with Crippen LogP contribution in [0.5, 0.6) is 0 Å². The van der Waals surface area contributed by atoms with Gasteiger partial charge in [-0.3, -0.25) is 4.79 Å². The van der Waals surface area contributed by atoms with Crippen molar-refractivity contribution >= 4 is 28.9 Å². The second kappa shape index (κ2) is 5.47. The van der Waals surface area contributed by atoms with Crippen molar-refractivity contribution in [2.45, 2.75) is 11.8 Å². The Balaban J connectivity index is 1.94. The quantitative estimate of drug-likeness (QED) is 0.610. The van der Waals surface area contributed by atoms with E-state index in [9.17, 15) is 9.18 Å². The first-order chi connectivity index (χ1) is 8.15. The molecule has 0 aliphatic carbocycles. The van der Waals surface area contributed by atoms with Crippen LogP contribution in [-0.4, -0.2) is 11.5 Å². The summed E-state index contributed by atoms with van der Waals surface area (Å²) in [7, 11) is 0. The van der Waals surface area contributed by atoms with E-state index < -0.39 is 0 Å². The van der Waals surface area contributed by atoms with Gasteiger partial charge in [-0.05, 0) is 37.3 Å². The van der Waals surface area contributed by atoms with E-state index in [1.54, 1.807) is 23.5 Å². The van der Waals surface area contributed by atoms with Crippen molar-refractivity contribution < 1.29 is 9.18 Å². The van der Waals surface area contributed by atoms with Gasteiger partial charge in [-0.15, -0.1) is 23.1 Å². The first kappa shape index (κ1) is 12.3. The van der Waals surface area contributed by atoms with Gasteiger partial charge < -0.3 is 0 Å². The number of ketones is 1. The van der Waals surface area contributed by atoms with Crippen LogP contribution in [0.3, 0.4) is 0 Å². The molecular formula is C13H11FOS2. The van der Waals surface area contributed by atoms with Crippen LogP contribution in [0.1, 0.15) is 15.2 Å². The molecule has 17 heavy (non-hydrogen) atoms. The van der Waals surface area contributed by atoms with Gasteiger partial charge in [0.15, 0.2) is 5.78 Å². The molecule has 0 aliphatic rings. The van der Waals surface area contributed by atoms with Gasteiger partial charge in [0.25, 0.3) is 0 Å². The topological polar surface area (TPSA) is 17.1 Å². The number of carbonyl (C=O) groups excluding carboxylic acids is 1. The lowest BCUT2D eigenvalue weighted by Crippen LogP contribution is -2.00. The maximum Gasteiger partial charge on any atom is 0.173 e.